The summed E-state index contributed by atoms with van der Waals surface area (Å²) in [5, 5.41) is 0. The third kappa shape index (κ3) is 9.95. The van der Waals surface area contributed by atoms with E-state index in [2.05, 4.69) is 70.1 Å². The van der Waals surface area contributed by atoms with E-state index in [-0.39, 0.29) is 0 Å². The van der Waals surface area contributed by atoms with E-state index in [0.717, 1.165) is 19.6 Å². The van der Waals surface area contributed by atoms with E-state index in [4.69, 9.17) is 4.43 Å². The lowest BCUT2D eigenvalue weighted by atomic mass is 9.79. The Labute approximate surface area is 140 Å². The fraction of sp³-hybridized carbons (Fsp3) is 1.00. The first-order valence-electron chi connectivity index (χ1n) is 8.51. The van der Waals surface area contributed by atoms with Crippen LogP contribution in [0.5, 0.6) is 0 Å². The van der Waals surface area contributed by atoms with Crippen LogP contribution in [0.2, 0.25) is 19.1 Å². The third-order valence-electron chi connectivity index (χ3n) is 4.62. The molecule has 0 saturated heterocycles. The molecule has 0 aromatic rings. The van der Waals surface area contributed by atoms with E-state index in [1.807, 2.05) is 7.11 Å². The normalized spacial score (nSPS) is 13.6. The molecule has 0 aliphatic heterocycles. The van der Waals surface area contributed by atoms with Crippen LogP contribution in [0.1, 0.15) is 19.3 Å². The van der Waals surface area contributed by atoms with Crippen molar-refractivity contribution in [2.75, 3.05) is 69.0 Å². The van der Waals surface area contributed by atoms with Crippen LogP contribution in [0.15, 0.2) is 0 Å². The Balaban J connectivity index is 5.17. The summed E-state index contributed by atoms with van der Waals surface area (Å²) in [6.07, 6.45) is 3.80. The SMILES string of the molecule is CO[Si](C)(C)CC(CCN(C)C)(CCN(C)C)CCN(C)C. The van der Waals surface area contributed by atoms with E-state index in [1.165, 1.54) is 25.3 Å². The number of nitrogens with zero attached hydrogens (tertiary/aromatic N) is 3. The first-order chi connectivity index (χ1) is 10.0. The molecule has 5 heteroatoms. The van der Waals surface area contributed by atoms with E-state index in [9.17, 15) is 0 Å². The van der Waals surface area contributed by atoms with E-state index in [1.54, 1.807) is 0 Å². The lowest BCUT2D eigenvalue weighted by Gasteiger charge is -2.41. The fourth-order valence-electron chi connectivity index (χ4n) is 3.00. The molecule has 0 amide bonds. The highest BCUT2D eigenvalue weighted by atomic mass is 28.4. The van der Waals surface area contributed by atoms with Crippen LogP contribution in [0.3, 0.4) is 0 Å². The minimum Gasteiger partial charge on any atom is -0.420 e. The van der Waals surface area contributed by atoms with Gasteiger partial charge in [-0.3, -0.25) is 0 Å². The average molecular weight is 332 g/mol. The number of rotatable bonds is 12. The van der Waals surface area contributed by atoms with Crippen molar-refractivity contribution in [3.63, 3.8) is 0 Å². The molecule has 0 fully saturated rings. The molecule has 0 aromatic heterocycles. The predicted molar refractivity (Wildman–Crippen MR) is 101 cm³/mol. The van der Waals surface area contributed by atoms with Crippen molar-refractivity contribution in [3.05, 3.63) is 0 Å². The van der Waals surface area contributed by atoms with Gasteiger partial charge in [-0.1, -0.05) is 0 Å². The molecule has 0 unspecified atom stereocenters. The Kier molecular flexibility index (Phi) is 10.1. The van der Waals surface area contributed by atoms with Crippen molar-refractivity contribution in [1.29, 1.82) is 0 Å². The molecule has 22 heavy (non-hydrogen) atoms. The standard InChI is InChI=1S/C17H41N3OSi/c1-18(2)13-10-17(11-14-19(3)4,12-15-20(5)6)16-22(8,9)21-7/h10-16H2,1-9H3. The van der Waals surface area contributed by atoms with Crippen molar-refractivity contribution in [2.24, 2.45) is 5.41 Å². The van der Waals surface area contributed by atoms with Crippen LogP contribution in [-0.2, 0) is 4.43 Å². The van der Waals surface area contributed by atoms with Gasteiger partial charge in [-0.25, -0.2) is 0 Å². The summed E-state index contributed by atoms with van der Waals surface area (Å²) < 4.78 is 5.91. The highest BCUT2D eigenvalue weighted by molar-refractivity contribution is 6.71. The second-order valence-electron chi connectivity index (χ2n) is 8.30. The Morgan fingerprint density at radius 1 is 0.727 bits per heavy atom. The zero-order valence-electron chi connectivity index (χ0n) is 16.7. The number of hydrogen-bond acceptors (Lipinski definition) is 4. The maximum absolute atomic E-state index is 5.91. The third-order valence-corrected chi connectivity index (χ3v) is 7.33. The lowest BCUT2D eigenvalue weighted by molar-refractivity contribution is 0.168. The molecule has 4 nitrogen and oxygen atoms in total. The summed E-state index contributed by atoms with van der Waals surface area (Å²) in [6.45, 7) is 8.21. The minimum atomic E-state index is -1.58. The Hall–Kier alpha value is 0.0569. The summed E-state index contributed by atoms with van der Waals surface area (Å²) in [7, 11) is 13.4. The molecule has 134 valence electrons. The second kappa shape index (κ2) is 10.0. The van der Waals surface area contributed by atoms with E-state index < -0.39 is 8.32 Å². The van der Waals surface area contributed by atoms with Crippen molar-refractivity contribution in [3.8, 4) is 0 Å². The van der Waals surface area contributed by atoms with Gasteiger partial charge in [0.1, 0.15) is 0 Å². The predicted octanol–water partition coefficient (Wildman–Crippen LogP) is 2.68. The highest BCUT2D eigenvalue weighted by Crippen LogP contribution is 2.40. The molecule has 0 heterocycles. The Bertz CT molecular complexity index is 262. The molecule has 0 atom stereocenters. The zero-order valence-corrected chi connectivity index (χ0v) is 17.7. The largest absolute Gasteiger partial charge is 0.420 e. The summed E-state index contributed by atoms with van der Waals surface area (Å²) in [6, 6.07) is 1.26. The van der Waals surface area contributed by atoms with Gasteiger partial charge in [-0.05, 0) is 106 Å². The lowest BCUT2D eigenvalue weighted by Crippen LogP contribution is -2.41. The first-order valence-corrected chi connectivity index (χ1v) is 11.6. The highest BCUT2D eigenvalue weighted by Gasteiger charge is 2.37. The minimum absolute atomic E-state index is 0.393. The van der Waals surface area contributed by atoms with Crippen LogP contribution in [0, 0.1) is 5.41 Å². The second-order valence-corrected chi connectivity index (χ2v) is 12.6. The Morgan fingerprint density at radius 3 is 1.27 bits per heavy atom. The molecule has 0 aromatic carbocycles. The molecule has 0 rings (SSSR count). The molecule has 0 bridgehead atoms. The van der Waals surface area contributed by atoms with Gasteiger partial charge in [0.15, 0.2) is 8.32 Å². The van der Waals surface area contributed by atoms with Gasteiger partial charge >= 0.3 is 0 Å². The molecular weight excluding hydrogens is 290 g/mol. The Morgan fingerprint density at radius 2 is 1.05 bits per heavy atom. The molecule has 0 N–H and O–H groups in total. The van der Waals surface area contributed by atoms with Gasteiger partial charge in [0.05, 0.1) is 0 Å². The van der Waals surface area contributed by atoms with Crippen LogP contribution >= 0.6 is 0 Å². The van der Waals surface area contributed by atoms with Gasteiger partial charge in [0, 0.05) is 7.11 Å². The molecule has 0 spiro atoms. The van der Waals surface area contributed by atoms with Crippen molar-refractivity contribution >= 4 is 8.32 Å². The first kappa shape index (κ1) is 22.1. The summed E-state index contributed by atoms with van der Waals surface area (Å²) in [5.74, 6) is 0. The fourth-order valence-corrected chi connectivity index (χ4v) is 5.48. The van der Waals surface area contributed by atoms with Gasteiger partial charge in [-0.2, -0.15) is 0 Å². The quantitative estimate of drug-likeness (QED) is 0.512. The van der Waals surface area contributed by atoms with Crippen LogP contribution in [0.25, 0.3) is 0 Å². The van der Waals surface area contributed by atoms with E-state index in [0.29, 0.717) is 5.41 Å². The zero-order chi connectivity index (χ0) is 17.4. The van der Waals surface area contributed by atoms with Gasteiger partial charge in [-0.15, -0.1) is 0 Å². The molecule has 0 aliphatic carbocycles. The van der Waals surface area contributed by atoms with Crippen LogP contribution in [-0.4, -0.2) is 92.0 Å². The number of hydrogen-bond donors (Lipinski definition) is 0. The van der Waals surface area contributed by atoms with Crippen molar-refractivity contribution in [2.45, 2.75) is 38.4 Å². The average Bonchev–Trinajstić information content (AvgIpc) is 2.40. The van der Waals surface area contributed by atoms with Crippen molar-refractivity contribution < 1.29 is 4.43 Å². The van der Waals surface area contributed by atoms with Gasteiger partial charge < -0.3 is 19.1 Å². The van der Waals surface area contributed by atoms with Gasteiger partial charge in [0.25, 0.3) is 0 Å². The maximum Gasteiger partial charge on any atom is 0.186 e. The van der Waals surface area contributed by atoms with Gasteiger partial charge in [0.2, 0.25) is 0 Å². The molecule has 0 aliphatic rings. The maximum atomic E-state index is 5.91. The summed E-state index contributed by atoms with van der Waals surface area (Å²) in [4.78, 5) is 6.96. The summed E-state index contributed by atoms with van der Waals surface area (Å²) >= 11 is 0. The van der Waals surface area contributed by atoms with Crippen LogP contribution < -0.4 is 0 Å². The smallest absolute Gasteiger partial charge is 0.186 e. The van der Waals surface area contributed by atoms with E-state index >= 15 is 0 Å². The molecule has 0 saturated carbocycles. The monoisotopic (exact) mass is 331 g/mol. The van der Waals surface area contributed by atoms with Crippen LogP contribution in [0.4, 0.5) is 0 Å². The molecule has 0 radical (unpaired) electrons. The van der Waals surface area contributed by atoms with Crippen molar-refractivity contribution in [1.82, 2.24) is 14.7 Å². The summed E-state index contributed by atoms with van der Waals surface area (Å²) in [5.41, 5.74) is 0.393. The topological polar surface area (TPSA) is 19.0 Å². The molecular formula is C17H41N3OSi.